The first-order chi connectivity index (χ1) is 8.78. The van der Waals surface area contributed by atoms with Crippen LogP contribution >= 0.6 is 0 Å². The molecule has 2 heteroatoms. The number of nitrogens with two attached hydrogens (primary N) is 1. The van der Waals surface area contributed by atoms with Crippen molar-refractivity contribution in [2.45, 2.75) is 45.6 Å². The molecule has 0 amide bonds. The molecule has 0 heterocycles. The first kappa shape index (κ1) is 13.6. The third-order valence-electron chi connectivity index (χ3n) is 4.02. The topological polar surface area (TPSA) is 38.0 Å². The van der Waals surface area contributed by atoms with Gasteiger partial charge in [0.1, 0.15) is 0 Å². The van der Waals surface area contributed by atoms with Gasteiger partial charge in [-0.1, -0.05) is 37.6 Å². The molecule has 0 radical (unpaired) electrons. The second-order valence-electron chi connectivity index (χ2n) is 5.71. The Balaban J connectivity index is 1.73. The van der Waals surface area contributed by atoms with Gasteiger partial charge < -0.3 is 11.1 Å². The van der Waals surface area contributed by atoms with Crippen LogP contribution in [0.5, 0.6) is 0 Å². The van der Waals surface area contributed by atoms with Crippen molar-refractivity contribution in [3.63, 3.8) is 0 Å². The third-order valence-corrected chi connectivity index (χ3v) is 4.02. The predicted molar refractivity (Wildman–Crippen MR) is 77.5 cm³/mol. The van der Waals surface area contributed by atoms with Crippen LogP contribution in [-0.4, -0.2) is 13.1 Å². The van der Waals surface area contributed by atoms with Gasteiger partial charge in [-0.25, -0.2) is 0 Å². The lowest BCUT2D eigenvalue weighted by Crippen LogP contribution is -2.23. The molecule has 0 spiro atoms. The van der Waals surface area contributed by atoms with E-state index >= 15 is 0 Å². The molecule has 0 aromatic heterocycles. The summed E-state index contributed by atoms with van der Waals surface area (Å²) in [4.78, 5) is 0. The van der Waals surface area contributed by atoms with Crippen LogP contribution in [0.3, 0.4) is 0 Å². The molecular formula is C16H26N2. The summed E-state index contributed by atoms with van der Waals surface area (Å²) in [6, 6.07) is 8.83. The van der Waals surface area contributed by atoms with E-state index in [2.05, 4.69) is 36.5 Å². The summed E-state index contributed by atoms with van der Waals surface area (Å²) in [5.74, 6) is 0. The van der Waals surface area contributed by atoms with E-state index in [1.165, 1.54) is 43.4 Å². The molecule has 1 aromatic rings. The lowest BCUT2D eigenvalue weighted by atomic mass is 10.0. The average molecular weight is 246 g/mol. The van der Waals surface area contributed by atoms with Crippen molar-refractivity contribution >= 4 is 0 Å². The summed E-state index contributed by atoms with van der Waals surface area (Å²) in [6.45, 7) is 5.20. The number of benzene rings is 1. The lowest BCUT2D eigenvalue weighted by molar-refractivity contribution is 0.421. The normalized spacial score (nSPS) is 16.8. The molecule has 0 atom stereocenters. The summed E-state index contributed by atoms with van der Waals surface area (Å²) in [5.41, 5.74) is 8.91. The van der Waals surface area contributed by atoms with E-state index in [4.69, 9.17) is 5.73 Å². The van der Waals surface area contributed by atoms with Gasteiger partial charge in [0.15, 0.2) is 0 Å². The number of hydrogen-bond acceptors (Lipinski definition) is 2. The van der Waals surface area contributed by atoms with Crippen molar-refractivity contribution in [2.24, 2.45) is 11.1 Å². The van der Waals surface area contributed by atoms with E-state index in [-0.39, 0.29) is 0 Å². The van der Waals surface area contributed by atoms with Crippen molar-refractivity contribution < 1.29 is 0 Å². The van der Waals surface area contributed by atoms with Gasteiger partial charge in [-0.2, -0.15) is 0 Å². The Labute approximate surface area is 111 Å². The maximum atomic E-state index is 5.55. The van der Waals surface area contributed by atoms with E-state index in [9.17, 15) is 0 Å². The average Bonchev–Trinajstić information content (AvgIpc) is 3.12. The molecule has 0 unspecified atom stereocenters. The minimum Gasteiger partial charge on any atom is -0.330 e. The maximum absolute atomic E-state index is 5.55. The Hall–Kier alpha value is -0.860. The SMILES string of the molecule is CCCC1(CNCc2ccc(CCN)cc2)CC1. The molecule has 1 aliphatic rings. The highest BCUT2D eigenvalue weighted by Crippen LogP contribution is 2.48. The molecule has 1 aromatic carbocycles. The van der Waals surface area contributed by atoms with Crippen molar-refractivity contribution in [1.29, 1.82) is 0 Å². The number of hydrogen-bond donors (Lipinski definition) is 2. The minimum absolute atomic E-state index is 0.647. The summed E-state index contributed by atoms with van der Waals surface area (Å²) in [5, 5.41) is 3.62. The van der Waals surface area contributed by atoms with Crippen LogP contribution in [0.15, 0.2) is 24.3 Å². The zero-order valence-corrected chi connectivity index (χ0v) is 11.5. The van der Waals surface area contributed by atoms with Crippen molar-refractivity contribution in [3.8, 4) is 0 Å². The van der Waals surface area contributed by atoms with E-state index in [0.717, 1.165) is 19.5 Å². The van der Waals surface area contributed by atoms with Gasteiger partial charge in [-0.15, -0.1) is 0 Å². The lowest BCUT2D eigenvalue weighted by Gasteiger charge is -2.15. The zero-order chi connectivity index (χ0) is 12.8. The molecular weight excluding hydrogens is 220 g/mol. The molecule has 100 valence electrons. The van der Waals surface area contributed by atoms with Crippen LogP contribution in [0.1, 0.15) is 43.7 Å². The molecule has 2 rings (SSSR count). The highest BCUT2D eigenvalue weighted by Gasteiger charge is 2.40. The summed E-state index contributed by atoms with van der Waals surface area (Å²) >= 11 is 0. The molecule has 3 N–H and O–H groups in total. The smallest absolute Gasteiger partial charge is 0.0205 e. The quantitative estimate of drug-likeness (QED) is 0.740. The van der Waals surface area contributed by atoms with Crippen LogP contribution in [0.4, 0.5) is 0 Å². The summed E-state index contributed by atoms with van der Waals surface area (Å²) in [7, 11) is 0. The summed E-state index contributed by atoms with van der Waals surface area (Å²) in [6.07, 6.45) is 6.52. The van der Waals surface area contributed by atoms with Crippen LogP contribution in [-0.2, 0) is 13.0 Å². The Kier molecular flexibility index (Phi) is 4.79. The summed E-state index contributed by atoms with van der Waals surface area (Å²) < 4.78 is 0. The fourth-order valence-corrected chi connectivity index (χ4v) is 2.68. The monoisotopic (exact) mass is 246 g/mol. The molecule has 0 saturated heterocycles. The van der Waals surface area contributed by atoms with Crippen molar-refractivity contribution in [1.82, 2.24) is 5.32 Å². The standard InChI is InChI=1S/C16H26N2/c1-2-8-16(9-10-16)13-18-12-15-5-3-14(4-6-15)7-11-17/h3-6,18H,2,7-13,17H2,1H3. The second-order valence-corrected chi connectivity index (χ2v) is 5.71. The fourth-order valence-electron chi connectivity index (χ4n) is 2.68. The Morgan fingerprint density at radius 3 is 2.39 bits per heavy atom. The molecule has 0 aliphatic heterocycles. The van der Waals surface area contributed by atoms with E-state index in [0.29, 0.717) is 5.41 Å². The largest absolute Gasteiger partial charge is 0.330 e. The van der Waals surface area contributed by atoms with Gasteiger partial charge in [0.05, 0.1) is 0 Å². The molecule has 1 saturated carbocycles. The van der Waals surface area contributed by atoms with Crippen LogP contribution in [0.25, 0.3) is 0 Å². The second kappa shape index (κ2) is 6.35. The fraction of sp³-hybridized carbons (Fsp3) is 0.625. The molecule has 18 heavy (non-hydrogen) atoms. The van der Waals surface area contributed by atoms with Crippen LogP contribution in [0.2, 0.25) is 0 Å². The third kappa shape index (κ3) is 3.82. The highest BCUT2D eigenvalue weighted by molar-refractivity contribution is 5.22. The molecule has 1 fully saturated rings. The first-order valence-corrected chi connectivity index (χ1v) is 7.27. The zero-order valence-electron chi connectivity index (χ0n) is 11.5. The Morgan fingerprint density at radius 1 is 1.17 bits per heavy atom. The number of rotatable bonds is 8. The van der Waals surface area contributed by atoms with E-state index in [1.54, 1.807) is 0 Å². The minimum atomic E-state index is 0.647. The van der Waals surface area contributed by atoms with Gasteiger partial charge in [0.2, 0.25) is 0 Å². The highest BCUT2D eigenvalue weighted by atomic mass is 14.9. The van der Waals surface area contributed by atoms with Gasteiger partial charge >= 0.3 is 0 Å². The molecule has 1 aliphatic carbocycles. The Morgan fingerprint density at radius 2 is 1.83 bits per heavy atom. The predicted octanol–water partition coefficient (Wildman–Crippen LogP) is 2.86. The maximum Gasteiger partial charge on any atom is 0.0205 e. The first-order valence-electron chi connectivity index (χ1n) is 7.27. The van der Waals surface area contributed by atoms with Gasteiger partial charge in [0.25, 0.3) is 0 Å². The van der Waals surface area contributed by atoms with E-state index < -0.39 is 0 Å². The van der Waals surface area contributed by atoms with Crippen molar-refractivity contribution in [3.05, 3.63) is 35.4 Å². The number of nitrogens with one attached hydrogen (secondary N) is 1. The van der Waals surface area contributed by atoms with Crippen LogP contribution in [0, 0.1) is 5.41 Å². The van der Waals surface area contributed by atoms with Gasteiger partial charge in [-0.05, 0) is 48.8 Å². The van der Waals surface area contributed by atoms with Crippen LogP contribution < -0.4 is 11.1 Å². The Bertz CT molecular complexity index is 352. The molecule has 2 nitrogen and oxygen atoms in total. The van der Waals surface area contributed by atoms with E-state index in [1.807, 2.05) is 0 Å². The van der Waals surface area contributed by atoms with Crippen molar-refractivity contribution in [2.75, 3.05) is 13.1 Å². The van der Waals surface area contributed by atoms with Gasteiger partial charge in [0, 0.05) is 13.1 Å². The molecule has 0 bridgehead atoms. The van der Waals surface area contributed by atoms with Gasteiger partial charge in [-0.3, -0.25) is 0 Å².